The van der Waals surface area contributed by atoms with E-state index in [0.29, 0.717) is 11.3 Å². The zero-order valence-corrected chi connectivity index (χ0v) is 17.5. The minimum absolute atomic E-state index is 0.608. The van der Waals surface area contributed by atoms with Crippen molar-refractivity contribution in [2.45, 2.75) is 48.5 Å². The summed E-state index contributed by atoms with van der Waals surface area (Å²) in [5.74, 6) is 0. The molecule has 0 saturated carbocycles. The van der Waals surface area contributed by atoms with E-state index in [-0.39, 0.29) is 0 Å². The number of nitrogens with zero attached hydrogens (tertiary/aromatic N) is 3. The Morgan fingerprint density at radius 1 is 1.07 bits per heavy atom. The van der Waals surface area contributed by atoms with Gasteiger partial charge in [0.25, 0.3) is 0 Å². The average Bonchev–Trinajstić information content (AvgIpc) is 3.05. The number of allylic oxidation sites excluding steroid dienone is 2. The van der Waals surface area contributed by atoms with Crippen molar-refractivity contribution in [1.29, 1.82) is 5.26 Å². The van der Waals surface area contributed by atoms with Gasteiger partial charge in [-0.25, -0.2) is 4.85 Å². The molecule has 0 spiro atoms. The molecule has 140 valence electrons. The second kappa shape index (κ2) is 6.98. The summed E-state index contributed by atoms with van der Waals surface area (Å²) in [7, 11) is 0. The van der Waals surface area contributed by atoms with E-state index in [1.54, 1.807) is 0 Å². The fourth-order valence-electron chi connectivity index (χ4n) is 4.20. The summed E-state index contributed by atoms with van der Waals surface area (Å²) in [5.41, 5.74) is 12.0. The lowest BCUT2D eigenvalue weighted by Crippen LogP contribution is -2.02. The second-order valence-corrected chi connectivity index (χ2v) is 7.52. The molecule has 1 N–H and O–H groups in total. The number of rotatable bonds is 2. The normalized spacial score (nSPS) is 15.4. The quantitative estimate of drug-likeness (QED) is 0.664. The van der Waals surface area contributed by atoms with Crippen LogP contribution in [0.25, 0.3) is 10.4 Å². The fraction of sp³-hybridized carbons (Fsp3) is 0.292. The first kappa shape index (κ1) is 19.4. The molecular weight excluding hydrogens is 344 g/mol. The van der Waals surface area contributed by atoms with Crippen LogP contribution >= 0.6 is 0 Å². The van der Waals surface area contributed by atoms with Crippen molar-refractivity contribution in [2.75, 3.05) is 0 Å². The van der Waals surface area contributed by atoms with E-state index in [2.05, 4.69) is 48.8 Å². The molecule has 2 heterocycles. The van der Waals surface area contributed by atoms with Crippen molar-refractivity contribution in [3.05, 3.63) is 85.3 Å². The van der Waals surface area contributed by atoms with E-state index >= 15 is 0 Å². The van der Waals surface area contributed by atoms with Crippen LogP contribution in [0.3, 0.4) is 0 Å². The second-order valence-electron chi connectivity index (χ2n) is 7.52. The first-order chi connectivity index (χ1) is 13.2. The van der Waals surface area contributed by atoms with Gasteiger partial charge >= 0.3 is 0 Å². The van der Waals surface area contributed by atoms with Gasteiger partial charge in [-0.2, -0.15) is 5.26 Å². The average molecular weight is 368 g/mol. The molecule has 0 bridgehead atoms. The van der Waals surface area contributed by atoms with Crippen LogP contribution in [-0.2, 0) is 0 Å². The number of aryl methyl sites for hydroxylation is 4. The van der Waals surface area contributed by atoms with Gasteiger partial charge in [0, 0.05) is 17.0 Å². The Morgan fingerprint density at radius 3 is 2.14 bits per heavy atom. The van der Waals surface area contributed by atoms with E-state index in [9.17, 15) is 5.26 Å². The summed E-state index contributed by atoms with van der Waals surface area (Å²) < 4.78 is 0. The highest BCUT2D eigenvalue weighted by atomic mass is 14.9. The maximum Gasteiger partial charge on any atom is 0.212 e. The number of benzene rings is 1. The van der Waals surface area contributed by atoms with E-state index in [1.807, 2.05) is 27.7 Å². The molecule has 1 aliphatic rings. The summed E-state index contributed by atoms with van der Waals surface area (Å²) in [6.45, 7) is 21.6. The van der Waals surface area contributed by atoms with Gasteiger partial charge in [0.2, 0.25) is 5.70 Å². The number of hydrogen-bond donors (Lipinski definition) is 1. The molecule has 3 rings (SSSR count). The molecular formula is C24H24N4. The number of hydrogen-bond acceptors (Lipinski definition) is 2. The molecule has 0 saturated heterocycles. The number of nitriles is 1. The third-order valence-electron chi connectivity index (χ3n) is 5.41. The minimum atomic E-state index is 0.608. The van der Waals surface area contributed by atoms with Crippen molar-refractivity contribution >= 4 is 11.3 Å². The van der Waals surface area contributed by atoms with Crippen LogP contribution in [0.4, 0.5) is 0 Å². The van der Waals surface area contributed by atoms with Gasteiger partial charge in [0.1, 0.15) is 6.07 Å². The highest BCUT2D eigenvalue weighted by Crippen LogP contribution is 2.40. The summed E-state index contributed by atoms with van der Waals surface area (Å²) >= 11 is 0. The molecule has 0 amide bonds. The van der Waals surface area contributed by atoms with E-state index in [4.69, 9.17) is 11.6 Å². The predicted molar refractivity (Wildman–Crippen MR) is 114 cm³/mol. The number of aromatic nitrogens is 1. The van der Waals surface area contributed by atoms with Gasteiger partial charge in [-0.05, 0) is 76.3 Å². The van der Waals surface area contributed by atoms with Crippen molar-refractivity contribution in [1.82, 2.24) is 4.98 Å². The monoisotopic (exact) mass is 368 g/mol. The summed E-state index contributed by atoms with van der Waals surface area (Å²) in [4.78, 5) is 11.9. The predicted octanol–water partition coefficient (Wildman–Crippen LogP) is 5.86. The Labute approximate surface area is 166 Å². The van der Waals surface area contributed by atoms with Crippen LogP contribution in [0.5, 0.6) is 0 Å². The van der Waals surface area contributed by atoms with Crippen LogP contribution < -0.4 is 0 Å². The third kappa shape index (κ3) is 2.88. The zero-order valence-electron chi connectivity index (χ0n) is 17.5. The molecule has 1 aromatic carbocycles. The standard InChI is InChI=1S/C24H24N4/c1-12-9-13(2)20(14(3)10-12)21(23-15(4)19(11-25)17(6)27-23)24-16(5)22(26-8)18(7)28-24/h9-10,27H,1-7H3. The lowest BCUT2D eigenvalue weighted by atomic mass is 9.88. The molecule has 28 heavy (non-hydrogen) atoms. The lowest BCUT2D eigenvalue weighted by Gasteiger charge is -2.18. The minimum Gasteiger partial charge on any atom is -0.357 e. The molecule has 4 nitrogen and oxygen atoms in total. The van der Waals surface area contributed by atoms with Crippen LogP contribution in [0.1, 0.15) is 58.6 Å². The Morgan fingerprint density at radius 2 is 1.68 bits per heavy atom. The summed E-state index contributed by atoms with van der Waals surface area (Å²) in [5, 5.41) is 9.59. The largest absolute Gasteiger partial charge is 0.357 e. The molecule has 1 aliphatic heterocycles. The third-order valence-corrected chi connectivity index (χ3v) is 5.41. The van der Waals surface area contributed by atoms with Gasteiger partial charge in [-0.1, -0.05) is 17.7 Å². The van der Waals surface area contributed by atoms with Crippen molar-refractivity contribution in [3.8, 4) is 6.07 Å². The molecule has 4 heteroatoms. The van der Waals surface area contributed by atoms with Crippen LogP contribution in [0.15, 0.2) is 34.1 Å². The van der Waals surface area contributed by atoms with Crippen LogP contribution in [0, 0.1) is 52.5 Å². The van der Waals surface area contributed by atoms with E-state index in [1.165, 1.54) is 5.56 Å². The van der Waals surface area contributed by atoms with E-state index < -0.39 is 0 Å². The first-order valence-electron chi connectivity index (χ1n) is 9.27. The Bertz CT molecular complexity index is 1160. The zero-order chi connectivity index (χ0) is 20.7. The molecule has 2 aromatic rings. The van der Waals surface area contributed by atoms with Gasteiger partial charge in [-0.15, -0.1) is 0 Å². The Kier molecular flexibility index (Phi) is 4.84. The molecule has 0 aliphatic carbocycles. The lowest BCUT2D eigenvalue weighted by molar-refractivity contribution is 1.19. The molecule has 0 radical (unpaired) electrons. The van der Waals surface area contributed by atoms with Crippen LogP contribution in [0.2, 0.25) is 0 Å². The van der Waals surface area contributed by atoms with Crippen molar-refractivity contribution in [2.24, 2.45) is 4.99 Å². The number of H-pyrrole nitrogens is 1. The van der Waals surface area contributed by atoms with Gasteiger partial charge in [0.05, 0.1) is 23.5 Å². The van der Waals surface area contributed by atoms with Crippen molar-refractivity contribution < 1.29 is 0 Å². The fourth-order valence-corrected chi connectivity index (χ4v) is 4.20. The van der Waals surface area contributed by atoms with Gasteiger partial charge < -0.3 is 4.98 Å². The van der Waals surface area contributed by atoms with Crippen molar-refractivity contribution in [3.63, 3.8) is 0 Å². The topological polar surface area (TPSA) is 56.3 Å². The van der Waals surface area contributed by atoms with E-state index in [0.717, 1.165) is 56.2 Å². The van der Waals surface area contributed by atoms with Crippen LogP contribution in [-0.4, -0.2) is 10.7 Å². The first-order valence-corrected chi connectivity index (χ1v) is 9.27. The molecule has 0 atom stereocenters. The number of nitrogens with one attached hydrogen (secondary N) is 1. The smallest absolute Gasteiger partial charge is 0.212 e. The highest BCUT2D eigenvalue weighted by Gasteiger charge is 2.27. The van der Waals surface area contributed by atoms with Gasteiger partial charge in [0.15, 0.2) is 0 Å². The Balaban J connectivity index is 2.50. The maximum absolute atomic E-state index is 9.59. The summed E-state index contributed by atoms with van der Waals surface area (Å²) in [6, 6.07) is 6.64. The number of aromatic amines is 1. The highest BCUT2D eigenvalue weighted by molar-refractivity contribution is 6.07. The Hall–Kier alpha value is -3.37. The molecule has 1 aromatic heterocycles. The molecule has 0 unspecified atom stereocenters. The summed E-state index contributed by atoms with van der Waals surface area (Å²) in [6.07, 6.45) is 0. The maximum atomic E-state index is 9.59. The number of aliphatic imine (C=N–C) groups is 1. The molecule has 0 fully saturated rings. The SMILES string of the molecule is [C-]#[N+]C1=C(C)C(=C(c2[nH]c(C)c(C#N)c2C)c2c(C)cc(C)cc2C)N=C1C. The van der Waals surface area contributed by atoms with Gasteiger partial charge in [-0.3, -0.25) is 4.99 Å².